The number of fused-ring (bicyclic) bond motifs is 1. The van der Waals surface area contributed by atoms with Gasteiger partial charge in [0.1, 0.15) is 23.2 Å². The first-order valence-corrected chi connectivity index (χ1v) is 4.57. The molecular formula is C9H4N4S. The number of hydrogen-bond acceptors (Lipinski definition) is 5. The number of hydrogen-bond donors (Lipinski definition) is 0. The van der Waals surface area contributed by atoms with E-state index >= 15 is 0 Å². The Balaban J connectivity index is 3.00. The molecule has 0 saturated heterocycles. The van der Waals surface area contributed by atoms with E-state index in [0.29, 0.717) is 22.2 Å². The van der Waals surface area contributed by atoms with E-state index in [1.54, 1.807) is 13.0 Å². The number of benzene rings is 1. The van der Waals surface area contributed by atoms with Gasteiger partial charge in [-0.3, -0.25) is 0 Å². The summed E-state index contributed by atoms with van der Waals surface area (Å²) >= 11 is 1.02. The van der Waals surface area contributed by atoms with Crippen molar-refractivity contribution in [3.63, 3.8) is 0 Å². The van der Waals surface area contributed by atoms with Crippen LogP contribution in [0.3, 0.4) is 0 Å². The topological polar surface area (TPSA) is 73.4 Å². The van der Waals surface area contributed by atoms with Gasteiger partial charge in [-0.25, -0.2) is 0 Å². The molecule has 5 heteroatoms. The van der Waals surface area contributed by atoms with Gasteiger partial charge in [0, 0.05) is 0 Å². The highest BCUT2D eigenvalue weighted by Gasteiger charge is 2.12. The van der Waals surface area contributed by atoms with Crippen molar-refractivity contribution in [1.82, 2.24) is 8.75 Å². The summed E-state index contributed by atoms with van der Waals surface area (Å²) in [7, 11) is 0. The highest BCUT2D eigenvalue weighted by Crippen LogP contribution is 2.23. The maximum atomic E-state index is 8.90. The molecule has 1 aromatic heterocycles. The van der Waals surface area contributed by atoms with E-state index in [2.05, 4.69) is 14.8 Å². The molecule has 1 heterocycles. The van der Waals surface area contributed by atoms with E-state index in [1.807, 2.05) is 6.07 Å². The Morgan fingerprint density at radius 2 is 1.93 bits per heavy atom. The van der Waals surface area contributed by atoms with Crippen LogP contribution >= 0.6 is 11.7 Å². The molecule has 0 saturated carbocycles. The summed E-state index contributed by atoms with van der Waals surface area (Å²) in [6, 6.07) is 5.78. The molecule has 0 aliphatic heterocycles. The number of aryl methyl sites for hydroxylation is 1. The molecule has 0 radical (unpaired) electrons. The van der Waals surface area contributed by atoms with Crippen LogP contribution in [0.25, 0.3) is 11.0 Å². The third kappa shape index (κ3) is 1.04. The zero-order chi connectivity index (χ0) is 10.1. The van der Waals surface area contributed by atoms with Gasteiger partial charge in [-0.15, -0.1) is 0 Å². The van der Waals surface area contributed by atoms with E-state index in [0.717, 1.165) is 17.3 Å². The summed E-state index contributed by atoms with van der Waals surface area (Å²) in [6.45, 7) is 1.79. The molecule has 0 fully saturated rings. The van der Waals surface area contributed by atoms with Crippen LogP contribution in [-0.4, -0.2) is 8.75 Å². The Bertz CT molecular complexity index is 585. The zero-order valence-electron chi connectivity index (χ0n) is 7.27. The molecule has 0 bridgehead atoms. The standard InChI is InChI=1S/C9H4N4S/c1-5-2-6(3-10)8-9(7(5)4-11)13-14-12-8/h2H,1H3. The Morgan fingerprint density at radius 1 is 1.21 bits per heavy atom. The maximum absolute atomic E-state index is 8.90. The Labute approximate surface area is 84.4 Å². The van der Waals surface area contributed by atoms with Crippen molar-refractivity contribution in [3.05, 3.63) is 22.8 Å². The van der Waals surface area contributed by atoms with E-state index < -0.39 is 0 Å². The average Bonchev–Trinajstić information content (AvgIpc) is 2.65. The largest absolute Gasteiger partial charge is 0.192 e. The van der Waals surface area contributed by atoms with Crippen LogP contribution in [0, 0.1) is 29.6 Å². The molecule has 0 aliphatic rings. The first-order chi connectivity index (χ1) is 6.77. The van der Waals surface area contributed by atoms with Gasteiger partial charge in [0.05, 0.1) is 22.9 Å². The molecule has 0 N–H and O–H groups in total. The molecule has 14 heavy (non-hydrogen) atoms. The quantitative estimate of drug-likeness (QED) is 0.649. The summed E-state index contributed by atoms with van der Waals surface area (Å²) < 4.78 is 8.01. The second kappa shape index (κ2) is 3.06. The summed E-state index contributed by atoms with van der Waals surface area (Å²) in [5, 5.41) is 17.7. The lowest BCUT2D eigenvalue weighted by molar-refractivity contribution is 1.38. The summed E-state index contributed by atoms with van der Waals surface area (Å²) in [5.74, 6) is 0. The number of nitriles is 2. The van der Waals surface area contributed by atoms with Gasteiger partial charge in [0.25, 0.3) is 0 Å². The van der Waals surface area contributed by atoms with Gasteiger partial charge in [0.15, 0.2) is 0 Å². The van der Waals surface area contributed by atoms with Gasteiger partial charge in [-0.1, -0.05) is 0 Å². The molecular weight excluding hydrogens is 196 g/mol. The fourth-order valence-corrected chi connectivity index (χ4v) is 1.87. The molecule has 2 aromatic rings. The second-order valence-corrected chi connectivity index (χ2v) is 3.33. The average molecular weight is 200 g/mol. The lowest BCUT2D eigenvalue weighted by Crippen LogP contribution is -1.88. The molecule has 0 aliphatic carbocycles. The minimum absolute atomic E-state index is 0.477. The SMILES string of the molecule is Cc1cc(C#N)c2nsnc2c1C#N. The minimum Gasteiger partial charge on any atom is -0.192 e. The highest BCUT2D eigenvalue weighted by molar-refractivity contribution is 7.00. The van der Waals surface area contributed by atoms with Gasteiger partial charge >= 0.3 is 0 Å². The fraction of sp³-hybridized carbons (Fsp3) is 0.111. The predicted octanol–water partition coefficient (Wildman–Crippen LogP) is 1.74. The van der Waals surface area contributed by atoms with Crippen molar-refractivity contribution in [2.24, 2.45) is 0 Å². The van der Waals surface area contributed by atoms with Crippen LogP contribution in [0.2, 0.25) is 0 Å². The van der Waals surface area contributed by atoms with Crippen LogP contribution < -0.4 is 0 Å². The zero-order valence-corrected chi connectivity index (χ0v) is 8.09. The Morgan fingerprint density at radius 3 is 2.57 bits per heavy atom. The lowest BCUT2D eigenvalue weighted by Gasteiger charge is -1.97. The van der Waals surface area contributed by atoms with Crippen LogP contribution in [-0.2, 0) is 0 Å². The molecule has 0 amide bonds. The summed E-state index contributed by atoms with van der Waals surface area (Å²) in [4.78, 5) is 0. The van der Waals surface area contributed by atoms with E-state index in [-0.39, 0.29) is 0 Å². The van der Waals surface area contributed by atoms with Crippen molar-refractivity contribution >= 4 is 22.8 Å². The Kier molecular flexibility index (Phi) is 1.88. The van der Waals surface area contributed by atoms with Gasteiger partial charge in [0.2, 0.25) is 0 Å². The normalized spacial score (nSPS) is 9.64. The Hall–Kier alpha value is -1.98. The molecule has 0 atom stereocenters. The number of rotatable bonds is 0. The monoisotopic (exact) mass is 200 g/mol. The molecule has 0 unspecified atom stereocenters. The smallest absolute Gasteiger partial charge is 0.124 e. The van der Waals surface area contributed by atoms with Crippen molar-refractivity contribution in [2.45, 2.75) is 6.92 Å². The third-order valence-corrected chi connectivity index (χ3v) is 2.50. The van der Waals surface area contributed by atoms with Gasteiger partial charge < -0.3 is 0 Å². The minimum atomic E-state index is 0.477. The molecule has 4 nitrogen and oxygen atoms in total. The van der Waals surface area contributed by atoms with Gasteiger partial charge in [-0.2, -0.15) is 19.3 Å². The maximum Gasteiger partial charge on any atom is 0.124 e. The van der Waals surface area contributed by atoms with Crippen LogP contribution in [0.15, 0.2) is 6.07 Å². The van der Waals surface area contributed by atoms with Crippen LogP contribution in [0.5, 0.6) is 0 Å². The summed E-state index contributed by atoms with van der Waals surface area (Å²) in [6.07, 6.45) is 0. The lowest BCUT2D eigenvalue weighted by atomic mass is 10.0. The van der Waals surface area contributed by atoms with E-state index in [1.165, 1.54) is 0 Å². The fourth-order valence-electron chi connectivity index (χ4n) is 1.30. The first-order valence-electron chi connectivity index (χ1n) is 3.84. The van der Waals surface area contributed by atoms with Gasteiger partial charge in [-0.05, 0) is 18.6 Å². The van der Waals surface area contributed by atoms with Crippen molar-refractivity contribution < 1.29 is 0 Å². The molecule has 66 valence electrons. The van der Waals surface area contributed by atoms with Crippen LogP contribution in [0.1, 0.15) is 16.7 Å². The van der Waals surface area contributed by atoms with Crippen molar-refractivity contribution in [2.75, 3.05) is 0 Å². The van der Waals surface area contributed by atoms with Crippen molar-refractivity contribution in [3.8, 4) is 12.1 Å². The van der Waals surface area contributed by atoms with Crippen LogP contribution in [0.4, 0.5) is 0 Å². The first kappa shape index (κ1) is 8.61. The number of nitrogens with zero attached hydrogens (tertiary/aromatic N) is 4. The third-order valence-electron chi connectivity index (χ3n) is 1.97. The highest BCUT2D eigenvalue weighted by atomic mass is 32.1. The number of aromatic nitrogens is 2. The van der Waals surface area contributed by atoms with E-state index in [9.17, 15) is 0 Å². The molecule has 1 aromatic carbocycles. The van der Waals surface area contributed by atoms with Crippen molar-refractivity contribution in [1.29, 1.82) is 10.5 Å². The molecule has 0 spiro atoms. The second-order valence-electron chi connectivity index (χ2n) is 2.80. The predicted molar refractivity (Wildman–Crippen MR) is 51.6 cm³/mol. The molecule has 2 rings (SSSR count). The van der Waals surface area contributed by atoms with E-state index in [4.69, 9.17) is 10.5 Å². The summed E-state index contributed by atoms with van der Waals surface area (Å²) in [5.41, 5.74) is 2.82.